The normalized spacial score (nSPS) is 25.2. The van der Waals surface area contributed by atoms with Gasteiger partial charge < -0.3 is 5.11 Å². The lowest BCUT2D eigenvalue weighted by Crippen LogP contribution is -2.47. The van der Waals surface area contributed by atoms with E-state index < -0.39 is 5.97 Å². The quantitative estimate of drug-likeness (QED) is 0.872. The van der Waals surface area contributed by atoms with Gasteiger partial charge in [0, 0.05) is 19.8 Å². The van der Waals surface area contributed by atoms with E-state index in [9.17, 15) is 9.90 Å². The molecule has 2 rings (SSSR count). The molecule has 2 atom stereocenters. The van der Waals surface area contributed by atoms with E-state index in [0.29, 0.717) is 5.92 Å². The summed E-state index contributed by atoms with van der Waals surface area (Å²) in [7, 11) is 1.89. The largest absolute Gasteiger partial charge is 0.480 e. The highest BCUT2D eigenvalue weighted by atomic mass is 16.4. The van der Waals surface area contributed by atoms with Crippen molar-refractivity contribution in [1.82, 2.24) is 14.7 Å². The minimum Gasteiger partial charge on any atom is -0.480 e. The first kappa shape index (κ1) is 13.1. The number of piperidine rings is 1. The Labute approximate surface area is 107 Å². The van der Waals surface area contributed by atoms with Crippen molar-refractivity contribution < 1.29 is 9.90 Å². The van der Waals surface area contributed by atoms with E-state index in [1.54, 1.807) is 4.68 Å². The molecule has 18 heavy (non-hydrogen) atoms. The zero-order chi connectivity index (χ0) is 13.1. The van der Waals surface area contributed by atoms with Crippen molar-refractivity contribution in [2.45, 2.75) is 32.2 Å². The van der Waals surface area contributed by atoms with E-state index in [2.05, 4.69) is 16.9 Å². The molecule has 1 aliphatic heterocycles. The van der Waals surface area contributed by atoms with Gasteiger partial charge in [0.2, 0.25) is 0 Å². The second kappa shape index (κ2) is 5.52. The molecule has 1 aromatic rings. The number of carbonyl (C=O) groups is 1. The molecule has 1 fully saturated rings. The zero-order valence-corrected chi connectivity index (χ0v) is 11.0. The number of aromatic nitrogens is 2. The van der Waals surface area contributed by atoms with Crippen LogP contribution in [0.5, 0.6) is 0 Å². The molecule has 1 saturated heterocycles. The van der Waals surface area contributed by atoms with Gasteiger partial charge in [-0.1, -0.05) is 6.92 Å². The maximum atomic E-state index is 11.3. The van der Waals surface area contributed by atoms with Crippen molar-refractivity contribution in [3.05, 3.63) is 18.0 Å². The van der Waals surface area contributed by atoms with Gasteiger partial charge in [-0.2, -0.15) is 5.10 Å². The average molecular weight is 251 g/mol. The van der Waals surface area contributed by atoms with Gasteiger partial charge in [-0.25, -0.2) is 0 Å². The second-order valence-corrected chi connectivity index (χ2v) is 5.29. The maximum Gasteiger partial charge on any atom is 0.320 e. The average Bonchev–Trinajstić information content (AvgIpc) is 2.73. The van der Waals surface area contributed by atoms with Crippen LogP contribution >= 0.6 is 0 Å². The molecule has 2 heterocycles. The molecule has 2 unspecified atom stereocenters. The van der Waals surface area contributed by atoms with Crippen LogP contribution < -0.4 is 0 Å². The van der Waals surface area contributed by atoms with Crippen LogP contribution in [0.15, 0.2) is 12.4 Å². The van der Waals surface area contributed by atoms with Crippen molar-refractivity contribution >= 4 is 5.97 Å². The van der Waals surface area contributed by atoms with Crippen LogP contribution in [0.25, 0.3) is 0 Å². The van der Waals surface area contributed by atoms with Gasteiger partial charge >= 0.3 is 5.97 Å². The van der Waals surface area contributed by atoms with Gasteiger partial charge in [-0.3, -0.25) is 14.4 Å². The summed E-state index contributed by atoms with van der Waals surface area (Å²) in [4.78, 5) is 13.4. The summed E-state index contributed by atoms with van der Waals surface area (Å²) in [6, 6.07) is -0.314. The Hall–Kier alpha value is -1.36. The van der Waals surface area contributed by atoms with Crippen molar-refractivity contribution in [2.24, 2.45) is 13.0 Å². The summed E-state index contributed by atoms with van der Waals surface area (Å²) in [6.45, 7) is 3.82. The number of aryl methyl sites for hydroxylation is 1. The molecule has 0 saturated carbocycles. The Morgan fingerprint density at radius 3 is 3.00 bits per heavy atom. The molecule has 0 radical (unpaired) electrons. The van der Waals surface area contributed by atoms with Crippen LogP contribution in [0.1, 0.15) is 25.3 Å². The highest BCUT2D eigenvalue weighted by Gasteiger charge is 2.31. The number of hydrogen-bond acceptors (Lipinski definition) is 3. The van der Waals surface area contributed by atoms with Gasteiger partial charge in [0.25, 0.3) is 0 Å². The fourth-order valence-corrected chi connectivity index (χ4v) is 2.59. The molecule has 1 aliphatic rings. The lowest BCUT2D eigenvalue weighted by molar-refractivity contribution is -0.145. The zero-order valence-electron chi connectivity index (χ0n) is 11.0. The Bertz CT molecular complexity index is 416. The van der Waals surface area contributed by atoms with Crippen LogP contribution in [0.2, 0.25) is 0 Å². The predicted octanol–water partition coefficient (Wildman–Crippen LogP) is 1.15. The number of carboxylic acid groups (broad SMARTS) is 1. The van der Waals surface area contributed by atoms with Gasteiger partial charge in [0.1, 0.15) is 6.04 Å². The molecule has 0 aliphatic carbocycles. The minimum atomic E-state index is -0.687. The third kappa shape index (κ3) is 3.10. The molecule has 0 bridgehead atoms. The number of carboxylic acids is 1. The topological polar surface area (TPSA) is 58.4 Å². The van der Waals surface area contributed by atoms with Gasteiger partial charge in [-0.15, -0.1) is 0 Å². The molecule has 5 heteroatoms. The van der Waals surface area contributed by atoms with Crippen molar-refractivity contribution in [3.63, 3.8) is 0 Å². The highest BCUT2D eigenvalue weighted by Crippen LogP contribution is 2.22. The summed E-state index contributed by atoms with van der Waals surface area (Å²) >= 11 is 0. The molecule has 0 aromatic carbocycles. The Balaban J connectivity index is 1.92. The van der Waals surface area contributed by atoms with Gasteiger partial charge in [0.15, 0.2) is 0 Å². The molecule has 0 amide bonds. The summed E-state index contributed by atoms with van der Waals surface area (Å²) in [5, 5.41) is 13.4. The summed E-state index contributed by atoms with van der Waals surface area (Å²) in [6.07, 6.45) is 6.57. The van der Waals surface area contributed by atoms with Crippen LogP contribution in [-0.4, -0.2) is 44.9 Å². The third-order valence-corrected chi connectivity index (χ3v) is 3.71. The summed E-state index contributed by atoms with van der Waals surface area (Å²) in [5.74, 6) is -0.173. The van der Waals surface area contributed by atoms with Gasteiger partial charge in [0.05, 0.1) is 6.20 Å². The maximum absolute atomic E-state index is 11.3. The van der Waals surface area contributed by atoms with Crippen LogP contribution in [0.4, 0.5) is 0 Å². The SMILES string of the molecule is CC1CCN(CCc2cnn(C)c2)C(C(=O)O)C1. The van der Waals surface area contributed by atoms with Gasteiger partial charge in [-0.05, 0) is 37.3 Å². The second-order valence-electron chi connectivity index (χ2n) is 5.29. The van der Waals surface area contributed by atoms with Crippen molar-refractivity contribution in [3.8, 4) is 0 Å². The molecule has 5 nitrogen and oxygen atoms in total. The highest BCUT2D eigenvalue weighted by molar-refractivity contribution is 5.73. The van der Waals surface area contributed by atoms with Crippen LogP contribution in [-0.2, 0) is 18.3 Å². The molecule has 1 aromatic heterocycles. The van der Waals surface area contributed by atoms with E-state index >= 15 is 0 Å². The smallest absolute Gasteiger partial charge is 0.320 e. The lowest BCUT2D eigenvalue weighted by Gasteiger charge is -2.35. The Morgan fingerprint density at radius 1 is 1.61 bits per heavy atom. The van der Waals surface area contributed by atoms with Crippen molar-refractivity contribution in [1.29, 1.82) is 0 Å². The fourth-order valence-electron chi connectivity index (χ4n) is 2.59. The van der Waals surface area contributed by atoms with E-state index in [-0.39, 0.29) is 6.04 Å². The molecular formula is C13H21N3O2. The molecule has 100 valence electrons. The molecular weight excluding hydrogens is 230 g/mol. The lowest BCUT2D eigenvalue weighted by atomic mass is 9.92. The number of likely N-dealkylation sites (tertiary alicyclic amines) is 1. The Morgan fingerprint density at radius 2 is 2.39 bits per heavy atom. The summed E-state index contributed by atoms with van der Waals surface area (Å²) < 4.78 is 1.78. The first-order valence-electron chi connectivity index (χ1n) is 6.50. The number of nitrogens with zero attached hydrogens (tertiary/aromatic N) is 3. The predicted molar refractivity (Wildman–Crippen MR) is 68.3 cm³/mol. The first-order chi connectivity index (χ1) is 8.56. The standard InChI is InChI=1S/C13H21N3O2/c1-10-3-5-16(12(7-10)13(17)18)6-4-11-8-14-15(2)9-11/h8-10,12H,3-7H2,1-2H3,(H,17,18). The minimum absolute atomic E-state index is 0.314. The number of hydrogen-bond donors (Lipinski definition) is 1. The number of rotatable bonds is 4. The molecule has 1 N–H and O–H groups in total. The summed E-state index contributed by atoms with van der Waals surface area (Å²) in [5.41, 5.74) is 1.17. The number of aliphatic carboxylic acids is 1. The monoisotopic (exact) mass is 251 g/mol. The van der Waals surface area contributed by atoms with Crippen LogP contribution in [0, 0.1) is 5.92 Å². The van der Waals surface area contributed by atoms with E-state index in [0.717, 1.165) is 32.4 Å². The van der Waals surface area contributed by atoms with Crippen molar-refractivity contribution in [2.75, 3.05) is 13.1 Å². The van der Waals surface area contributed by atoms with Crippen LogP contribution in [0.3, 0.4) is 0 Å². The Kier molecular flexibility index (Phi) is 4.01. The fraction of sp³-hybridized carbons (Fsp3) is 0.692. The van der Waals surface area contributed by atoms with E-state index in [4.69, 9.17) is 0 Å². The molecule has 0 spiro atoms. The van der Waals surface area contributed by atoms with E-state index in [1.807, 2.05) is 19.4 Å². The first-order valence-corrected chi connectivity index (χ1v) is 6.50. The van der Waals surface area contributed by atoms with E-state index in [1.165, 1.54) is 5.56 Å². The third-order valence-electron chi connectivity index (χ3n) is 3.71.